The Balaban J connectivity index is 2.15. The summed E-state index contributed by atoms with van der Waals surface area (Å²) in [6.07, 6.45) is 0. The predicted molar refractivity (Wildman–Crippen MR) is 96.2 cm³/mol. The monoisotopic (exact) mass is 338 g/mol. The van der Waals surface area contributed by atoms with E-state index in [0.29, 0.717) is 16.3 Å². The molecule has 0 aliphatic carbocycles. The van der Waals surface area contributed by atoms with Crippen LogP contribution in [-0.4, -0.2) is 15.4 Å². The van der Waals surface area contributed by atoms with Gasteiger partial charge in [-0.15, -0.1) is 0 Å². The van der Waals surface area contributed by atoms with Gasteiger partial charge in [0.05, 0.1) is 11.4 Å². The topological polar surface area (TPSA) is 66.1 Å². The first-order chi connectivity index (χ1) is 11.5. The SMILES string of the molecule is Cn1c(-c2ccc(Cl)cc2)cc(O)c(C(=N)c2ccccc2)c1=O. The standard InChI is InChI=1S/C19H15ClN2O2/c1-22-15(12-7-9-14(20)10-8-12)11-16(23)17(19(22)24)18(21)13-5-3-2-4-6-13/h2-11,21,23H,1H3. The number of nitrogens with zero attached hydrogens (tertiary/aromatic N) is 1. The third-order valence-electron chi connectivity index (χ3n) is 3.86. The summed E-state index contributed by atoms with van der Waals surface area (Å²) in [4.78, 5) is 12.7. The Morgan fingerprint density at radius 1 is 1.08 bits per heavy atom. The van der Waals surface area contributed by atoms with Gasteiger partial charge >= 0.3 is 0 Å². The number of benzene rings is 2. The van der Waals surface area contributed by atoms with Crippen LogP contribution >= 0.6 is 11.6 Å². The molecule has 2 aromatic carbocycles. The van der Waals surface area contributed by atoms with E-state index in [4.69, 9.17) is 17.0 Å². The predicted octanol–water partition coefficient (Wildman–Crippen LogP) is 3.83. The number of hydrogen-bond acceptors (Lipinski definition) is 3. The summed E-state index contributed by atoms with van der Waals surface area (Å²) in [6, 6.07) is 17.4. The second-order valence-corrected chi connectivity index (χ2v) is 5.84. The molecule has 0 aliphatic heterocycles. The lowest BCUT2D eigenvalue weighted by molar-refractivity contribution is 0.471. The van der Waals surface area contributed by atoms with E-state index in [9.17, 15) is 9.90 Å². The maximum absolute atomic E-state index is 12.7. The van der Waals surface area contributed by atoms with Gasteiger partial charge in [-0.1, -0.05) is 54.1 Å². The molecule has 0 fully saturated rings. The largest absolute Gasteiger partial charge is 0.507 e. The van der Waals surface area contributed by atoms with Crippen LogP contribution in [-0.2, 0) is 7.05 Å². The van der Waals surface area contributed by atoms with E-state index in [-0.39, 0.29) is 17.0 Å². The molecule has 120 valence electrons. The minimum Gasteiger partial charge on any atom is -0.507 e. The van der Waals surface area contributed by atoms with Gasteiger partial charge in [-0.3, -0.25) is 10.2 Å². The van der Waals surface area contributed by atoms with Crippen molar-refractivity contribution in [3.8, 4) is 17.0 Å². The molecule has 0 bridgehead atoms. The van der Waals surface area contributed by atoms with E-state index in [1.807, 2.05) is 6.07 Å². The molecule has 5 heteroatoms. The summed E-state index contributed by atoms with van der Waals surface area (Å²) in [5.74, 6) is -0.211. The zero-order valence-electron chi connectivity index (χ0n) is 13.0. The summed E-state index contributed by atoms with van der Waals surface area (Å²) < 4.78 is 1.43. The maximum atomic E-state index is 12.7. The molecule has 3 rings (SSSR count). The molecule has 0 radical (unpaired) electrons. The van der Waals surface area contributed by atoms with Crippen LogP contribution in [0, 0.1) is 5.41 Å². The number of aromatic hydroxyl groups is 1. The zero-order valence-corrected chi connectivity index (χ0v) is 13.7. The molecule has 1 heterocycles. The molecular formula is C19H15ClN2O2. The molecule has 2 N–H and O–H groups in total. The second kappa shape index (κ2) is 6.34. The molecule has 0 amide bonds. The average Bonchev–Trinajstić information content (AvgIpc) is 2.60. The highest BCUT2D eigenvalue weighted by Crippen LogP contribution is 2.26. The normalized spacial score (nSPS) is 10.6. The Morgan fingerprint density at radius 3 is 2.33 bits per heavy atom. The van der Waals surface area contributed by atoms with Crippen LogP contribution in [0.3, 0.4) is 0 Å². The maximum Gasteiger partial charge on any atom is 0.264 e. The first kappa shape index (κ1) is 16.0. The second-order valence-electron chi connectivity index (χ2n) is 5.40. The molecule has 0 unspecified atom stereocenters. The molecule has 0 aliphatic rings. The fraction of sp³-hybridized carbons (Fsp3) is 0.0526. The molecule has 0 spiro atoms. The molecule has 0 saturated carbocycles. The number of nitrogens with one attached hydrogen (secondary N) is 1. The lowest BCUT2D eigenvalue weighted by Gasteiger charge is -2.13. The van der Waals surface area contributed by atoms with Crippen molar-refractivity contribution in [2.45, 2.75) is 0 Å². The van der Waals surface area contributed by atoms with E-state index in [2.05, 4.69) is 0 Å². The van der Waals surface area contributed by atoms with Gasteiger partial charge < -0.3 is 9.67 Å². The van der Waals surface area contributed by atoms with Crippen molar-refractivity contribution < 1.29 is 5.11 Å². The average molecular weight is 339 g/mol. The highest BCUT2D eigenvalue weighted by Gasteiger charge is 2.18. The van der Waals surface area contributed by atoms with Crippen LogP contribution in [0.2, 0.25) is 5.02 Å². The minimum atomic E-state index is -0.422. The molecule has 3 aromatic rings. The summed E-state index contributed by atoms with van der Waals surface area (Å²) in [7, 11) is 1.62. The van der Waals surface area contributed by atoms with E-state index < -0.39 is 5.56 Å². The van der Waals surface area contributed by atoms with Crippen molar-refractivity contribution in [3.63, 3.8) is 0 Å². The first-order valence-electron chi connectivity index (χ1n) is 7.32. The summed E-state index contributed by atoms with van der Waals surface area (Å²) in [5.41, 5.74) is 1.45. The van der Waals surface area contributed by atoms with Crippen LogP contribution in [0.5, 0.6) is 5.75 Å². The van der Waals surface area contributed by atoms with Gasteiger partial charge in [0.1, 0.15) is 11.3 Å². The van der Waals surface area contributed by atoms with E-state index in [0.717, 1.165) is 5.56 Å². The smallest absolute Gasteiger partial charge is 0.264 e. The van der Waals surface area contributed by atoms with Crippen molar-refractivity contribution >= 4 is 17.3 Å². The Bertz CT molecular complexity index is 961. The lowest BCUT2D eigenvalue weighted by Crippen LogP contribution is -2.26. The Kier molecular flexibility index (Phi) is 4.23. The van der Waals surface area contributed by atoms with Gasteiger partial charge in [-0.25, -0.2) is 0 Å². The summed E-state index contributed by atoms with van der Waals surface area (Å²) in [5, 5.41) is 19.2. The third-order valence-corrected chi connectivity index (χ3v) is 4.11. The van der Waals surface area contributed by atoms with Crippen molar-refractivity contribution in [1.29, 1.82) is 5.41 Å². The van der Waals surface area contributed by atoms with Crippen LogP contribution in [0.1, 0.15) is 11.1 Å². The molecule has 4 nitrogen and oxygen atoms in total. The van der Waals surface area contributed by atoms with Crippen molar-refractivity contribution in [3.05, 3.63) is 87.2 Å². The first-order valence-corrected chi connectivity index (χ1v) is 7.70. The molecular weight excluding hydrogens is 324 g/mol. The van der Waals surface area contributed by atoms with Gasteiger partial charge in [-0.2, -0.15) is 0 Å². The van der Waals surface area contributed by atoms with Gasteiger partial charge in [0.2, 0.25) is 0 Å². The Hall–Kier alpha value is -2.85. The van der Waals surface area contributed by atoms with Gasteiger partial charge in [-0.05, 0) is 17.7 Å². The van der Waals surface area contributed by atoms with Gasteiger partial charge in [0.25, 0.3) is 5.56 Å². The lowest BCUT2D eigenvalue weighted by atomic mass is 10.0. The van der Waals surface area contributed by atoms with Crippen molar-refractivity contribution in [2.24, 2.45) is 7.05 Å². The number of halogens is 1. The van der Waals surface area contributed by atoms with Gasteiger partial charge in [0.15, 0.2) is 0 Å². The highest BCUT2D eigenvalue weighted by atomic mass is 35.5. The van der Waals surface area contributed by atoms with Crippen molar-refractivity contribution in [2.75, 3.05) is 0 Å². The quantitative estimate of drug-likeness (QED) is 0.713. The van der Waals surface area contributed by atoms with Crippen LogP contribution in [0.4, 0.5) is 0 Å². The minimum absolute atomic E-state index is 0.00337. The van der Waals surface area contributed by atoms with E-state index in [1.54, 1.807) is 55.6 Å². The van der Waals surface area contributed by atoms with Crippen molar-refractivity contribution in [1.82, 2.24) is 4.57 Å². The highest BCUT2D eigenvalue weighted by molar-refractivity contribution is 6.30. The number of aromatic nitrogens is 1. The zero-order chi connectivity index (χ0) is 17.3. The third kappa shape index (κ3) is 2.84. The number of hydrogen-bond donors (Lipinski definition) is 2. The van der Waals surface area contributed by atoms with Gasteiger partial charge in [0, 0.05) is 23.7 Å². The Labute approximate surface area is 144 Å². The molecule has 0 atom stereocenters. The van der Waals surface area contributed by atoms with E-state index in [1.165, 1.54) is 10.6 Å². The van der Waals surface area contributed by atoms with Crippen LogP contribution in [0.15, 0.2) is 65.5 Å². The summed E-state index contributed by atoms with van der Waals surface area (Å²) >= 11 is 5.89. The fourth-order valence-electron chi connectivity index (χ4n) is 2.57. The van der Waals surface area contributed by atoms with E-state index >= 15 is 0 Å². The summed E-state index contributed by atoms with van der Waals surface area (Å²) in [6.45, 7) is 0. The molecule has 1 aromatic heterocycles. The molecule has 24 heavy (non-hydrogen) atoms. The van der Waals surface area contributed by atoms with Crippen LogP contribution < -0.4 is 5.56 Å². The fourth-order valence-corrected chi connectivity index (χ4v) is 2.69. The number of rotatable bonds is 3. The Morgan fingerprint density at radius 2 is 1.71 bits per heavy atom. The molecule has 0 saturated heterocycles. The number of pyridine rings is 1. The van der Waals surface area contributed by atoms with Crippen LogP contribution in [0.25, 0.3) is 11.3 Å².